The number of para-hydroxylation sites is 1. The second kappa shape index (κ2) is 8.90. The molecule has 1 fully saturated rings. The van der Waals surface area contributed by atoms with Crippen LogP contribution in [0.25, 0.3) is 0 Å². The highest BCUT2D eigenvalue weighted by molar-refractivity contribution is 6.15. The second-order valence-electron chi connectivity index (χ2n) is 7.73. The minimum Gasteiger partial charge on any atom is -0.494 e. The minimum atomic E-state index is -1.47. The smallest absolute Gasteiger partial charge is 0.353 e. The summed E-state index contributed by atoms with van der Waals surface area (Å²) in [5.74, 6) is 0.224. The number of likely N-dealkylation sites (N-methyl/N-ethyl adjacent to an activating group) is 1. The van der Waals surface area contributed by atoms with E-state index >= 15 is 0 Å². The van der Waals surface area contributed by atoms with Crippen LogP contribution >= 0.6 is 0 Å². The molecule has 8 heteroatoms. The largest absolute Gasteiger partial charge is 0.494 e. The summed E-state index contributed by atoms with van der Waals surface area (Å²) in [6, 6.07) is 14.0. The van der Waals surface area contributed by atoms with E-state index in [1.54, 1.807) is 36.4 Å². The predicted molar refractivity (Wildman–Crippen MR) is 117 cm³/mol. The summed E-state index contributed by atoms with van der Waals surface area (Å²) in [5.41, 5.74) is -0.638. The average molecular weight is 438 g/mol. The molecule has 2 heterocycles. The number of hydrogen-bond donors (Lipinski definition) is 0. The average Bonchev–Trinajstić information content (AvgIpc) is 3.18. The fourth-order valence-electron chi connectivity index (χ4n) is 4.15. The Labute approximate surface area is 186 Å². The lowest BCUT2D eigenvalue weighted by Gasteiger charge is -2.46. The maximum atomic E-state index is 13.2. The Morgan fingerprint density at radius 1 is 0.969 bits per heavy atom. The summed E-state index contributed by atoms with van der Waals surface area (Å²) in [5, 5.41) is 0. The number of rotatable bonds is 8. The van der Waals surface area contributed by atoms with E-state index in [0.717, 1.165) is 12.2 Å². The molecule has 2 amide bonds. The monoisotopic (exact) mass is 438 g/mol. The highest BCUT2D eigenvalue weighted by Gasteiger charge is 2.60. The standard InChI is InChI=1S/C24H26N2O6/c1-3-14-30-17-8-10-18(11-9-17)31-15-16-32-23(29)24-13-12-21(27)26(24)20-7-5-4-6-19(20)22(28)25(24)2/h4-11H,3,12-16H2,1-2H3. The number of hydrogen-bond acceptors (Lipinski definition) is 6. The molecule has 0 N–H and O–H groups in total. The van der Waals surface area contributed by atoms with Crippen LogP contribution < -0.4 is 14.4 Å². The van der Waals surface area contributed by atoms with Crippen molar-refractivity contribution in [2.24, 2.45) is 0 Å². The van der Waals surface area contributed by atoms with Crippen molar-refractivity contribution in [3.8, 4) is 11.5 Å². The van der Waals surface area contributed by atoms with E-state index < -0.39 is 11.6 Å². The first-order valence-corrected chi connectivity index (χ1v) is 10.7. The van der Waals surface area contributed by atoms with Gasteiger partial charge >= 0.3 is 5.97 Å². The minimum absolute atomic E-state index is 0.0135. The number of esters is 1. The van der Waals surface area contributed by atoms with Crippen LogP contribution in [0.5, 0.6) is 11.5 Å². The fraction of sp³-hybridized carbons (Fsp3) is 0.375. The van der Waals surface area contributed by atoms with Crippen LogP contribution in [0.2, 0.25) is 0 Å². The quantitative estimate of drug-likeness (QED) is 0.465. The van der Waals surface area contributed by atoms with Gasteiger partial charge in [0.2, 0.25) is 11.6 Å². The summed E-state index contributed by atoms with van der Waals surface area (Å²) in [6.07, 6.45) is 1.27. The Morgan fingerprint density at radius 3 is 2.31 bits per heavy atom. The van der Waals surface area contributed by atoms with E-state index in [4.69, 9.17) is 14.2 Å². The van der Waals surface area contributed by atoms with Gasteiger partial charge in [0.1, 0.15) is 24.7 Å². The first-order chi connectivity index (χ1) is 15.5. The van der Waals surface area contributed by atoms with Gasteiger partial charge in [-0.3, -0.25) is 14.5 Å². The molecular weight excluding hydrogens is 412 g/mol. The van der Waals surface area contributed by atoms with Crippen LogP contribution in [0, 0.1) is 0 Å². The van der Waals surface area contributed by atoms with Crippen LogP contribution in [0.3, 0.4) is 0 Å². The van der Waals surface area contributed by atoms with Crippen molar-refractivity contribution >= 4 is 23.5 Å². The SMILES string of the molecule is CCCOc1ccc(OCCOC(=O)C23CCC(=O)N2c2ccccc2C(=O)N3C)cc1. The second-order valence-corrected chi connectivity index (χ2v) is 7.73. The molecule has 2 aromatic rings. The zero-order chi connectivity index (χ0) is 22.7. The third-order valence-electron chi connectivity index (χ3n) is 5.75. The third-order valence-corrected chi connectivity index (χ3v) is 5.75. The molecule has 1 unspecified atom stereocenters. The Bertz CT molecular complexity index is 1020. The molecule has 0 saturated carbocycles. The van der Waals surface area contributed by atoms with Gasteiger partial charge in [-0.05, 0) is 42.8 Å². The summed E-state index contributed by atoms with van der Waals surface area (Å²) >= 11 is 0. The zero-order valence-corrected chi connectivity index (χ0v) is 18.2. The molecule has 0 aliphatic carbocycles. The zero-order valence-electron chi connectivity index (χ0n) is 18.2. The van der Waals surface area contributed by atoms with Crippen molar-refractivity contribution in [2.45, 2.75) is 31.8 Å². The van der Waals surface area contributed by atoms with Crippen molar-refractivity contribution < 1.29 is 28.6 Å². The first-order valence-electron chi connectivity index (χ1n) is 10.7. The molecule has 0 aromatic heterocycles. The lowest BCUT2D eigenvalue weighted by atomic mass is 9.97. The summed E-state index contributed by atoms with van der Waals surface area (Å²) in [6.45, 7) is 2.82. The van der Waals surface area contributed by atoms with Gasteiger partial charge in [-0.2, -0.15) is 0 Å². The first kappa shape index (κ1) is 21.7. The number of nitrogens with zero attached hydrogens (tertiary/aromatic N) is 2. The molecule has 4 rings (SSSR count). The number of amides is 2. The highest BCUT2D eigenvalue weighted by atomic mass is 16.6. The van der Waals surface area contributed by atoms with Crippen LogP contribution in [0.4, 0.5) is 5.69 Å². The van der Waals surface area contributed by atoms with Gasteiger partial charge in [0.15, 0.2) is 0 Å². The molecule has 2 aliphatic rings. The van der Waals surface area contributed by atoms with Gasteiger partial charge in [-0.15, -0.1) is 0 Å². The Kier molecular flexibility index (Phi) is 6.03. The van der Waals surface area contributed by atoms with Crippen molar-refractivity contribution in [1.29, 1.82) is 0 Å². The Morgan fingerprint density at radius 2 is 1.62 bits per heavy atom. The van der Waals surface area contributed by atoms with Crippen molar-refractivity contribution in [1.82, 2.24) is 4.90 Å². The number of carbonyl (C=O) groups is 3. The normalized spacial score (nSPS) is 19.4. The number of benzene rings is 2. The molecule has 1 saturated heterocycles. The van der Waals surface area contributed by atoms with Gasteiger partial charge in [0, 0.05) is 19.9 Å². The number of anilines is 1. The van der Waals surface area contributed by atoms with E-state index in [-0.39, 0.29) is 37.9 Å². The number of ether oxygens (including phenoxy) is 3. The Balaban J connectivity index is 1.41. The topological polar surface area (TPSA) is 85.4 Å². The van der Waals surface area contributed by atoms with Crippen LogP contribution in [0.15, 0.2) is 48.5 Å². The third kappa shape index (κ3) is 3.66. The molecule has 2 aliphatic heterocycles. The maximum Gasteiger partial charge on any atom is 0.353 e. The Hall–Kier alpha value is -3.55. The van der Waals surface area contributed by atoms with Crippen molar-refractivity contribution in [3.63, 3.8) is 0 Å². The molecule has 0 radical (unpaired) electrons. The molecule has 0 bridgehead atoms. The van der Waals surface area contributed by atoms with Gasteiger partial charge < -0.3 is 19.1 Å². The molecule has 168 valence electrons. The van der Waals surface area contributed by atoms with Gasteiger partial charge in [-0.25, -0.2) is 4.79 Å². The van der Waals surface area contributed by atoms with E-state index in [9.17, 15) is 14.4 Å². The highest BCUT2D eigenvalue weighted by Crippen LogP contribution is 2.44. The molecule has 0 spiro atoms. The van der Waals surface area contributed by atoms with Crippen LogP contribution in [-0.4, -0.2) is 55.2 Å². The fourth-order valence-corrected chi connectivity index (χ4v) is 4.15. The van der Waals surface area contributed by atoms with Crippen LogP contribution in [-0.2, 0) is 14.3 Å². The molecule has 1 atom stereocenters. The molecule has 8 nitrogen and oxygen atoms in total. The molecular formula is C24H26N2O6. The predicted octanol–water partition coefficient (Wildman–Crippen LogP) is 3.01. The summed E-state index contributed by atoms with van der Waals surface area (Å²) < 4.78 is 16.7. The van der Waals surface area contributed by atoms with Crippen molar-refractivity contribution in [2.75, 3.05) is 31.8 Å². The van der Waals surface area contributed by atoms with Gasteiger partial charge in [0.25, 0.3) is 5.91 Å². The lowest BCUT2D eigenvalue weighted by Crippen LogP contribution is -2.67. The van der Waals surface area contributed by atoms with E-state index in [0.29, 0.717) is 23.6 Å². The molecule has 2 aromatic carbocycles. The van der Waals surface area contributed by atoms with Crippen molar-refractivity contribution in [3.05, 3.63) is 54.1 Å². The van der Waals surface area contributed by atoms with Crippen LogP contribution in [0.1, 0.15) is 36.5 Å². The van der Waals surface area contributed by atoms with E-state index in [2.05, 4.69) is 0 Å². The summed E-state index contributed by atoms with van der Waals surface area (Å²) in [4.78, 5) is 41.5. The van der Waals surface area contributed by atoms with E-state index in [1.165, 1.54) is 16.8 Å². The number of carbonyl (C=O) groups excluding carboxylic acids is 3. The summed E-state index contributed by atoms with van der Waals surface area (Å²) in [7, 11) is 1.53. The number of fused-ring (bicyclic) bond motifs is 3. The van der Waals surface area contributed by atoms with Gasteiger partial charge in [0.05, 0.1) is 17.9 Å². The lowest BCUT2D eigenvalue weighted by molar-refractivity contribution is -0.157. The van der Waals surface area contributed by atoms with Gasteiger partial charge in [-0.1, -0.05) is 19.1 Å². The maximum absolute atomic E-state index is 13.2. The van der Waals surface area contributed by atoms with E-state index in [1.807, 2.05) is 19.1 Å². The molecule has 32 heavy (non-hydrogen) atoms.